The summed E-state index contributed by atoms with van der Waals surface area (Å²) in [6, 6.07) is 8.71. The van der Waals surface area contributed by atoms with E-state index in [9.17, 15) is 0 Å². The molecule has 18 heavy (non-hydrogen) atoms. The predicted octanol–water partition coefficient (Wildman–Crippen LogP) is 2.92. The fraction of sp³-hybridized carbons (Fsp3) is 0.429. The van der Waals surface area contributed by atoms with E-state index in [2.05, 4.69) is 57.2 Å². The van der Waals surface area contributed by atoms with Crippen LogP contribution in [0.25, 0.3) is 0 Å². The first-order chi connectivity index (χ1) is 8.69. The zero-order valence-electron chi connectivity index (χ0n) is 10.8. The molecule has 0 aliphatic carbocycles. The van der Waals surface area contributed by atoms with E-state index in [0.717, 1.165) is 24.0 Å². The van der Waals surface area contributed by atoms with Crippen LogP contribution in [-0.4, -0.2) is 20.1 Å². The first kappa shape index (κ1) is 13.3. The van der Waals surface area contributed by atoms with Crippen LogP contribution in [0.15, 0.2) is 30.6 Å². The molecule has 0 bridgehead atoms. The van der Waals surface area contributed by atoms with Gasteiger partial charge >= 0.3 is 0 Å². The largest absolute Gasteiger partial charge is 0.253 e. The van der Waals surface area contributed by atoms with Crippen LogP contribution in [-0.2, 0) is 19.9 Å². The third kappa shape index (κ3) is 3.42. The van der Waals surface area contributed by atoms with Crippen molar-refractivity contribution in [2.75, 3.05) is 5.33 Å². The molecule has 0 radical (unpaired) electrons. The van der Waals surface area contributed by atoms with E-state index < -0.39 is 0 Å². The number of nitrogens with zero attached hydrogens (tertiary/aromatic N) is 3. The molecule has 0 saturated carbocycles. The van der Waals surface area contributed by atoms with Gasteiger partial charge < -0.3 is 0 Å². The van der Waals surface area contributed by atoms with E-state index in [4.69, 9.17) is 0 Å². The summed E-state index contributed by atoms with van der Waals surface area (Å²) in [6.07, 6.45) is 3.64. The number of benzene rings is 1. The molecule has 1 atom stereocenters. The van der Waals surface area contributed by atoms with Crippen LogP contribution >= 0.6 is 15.9 Å². The van der Waals surface area contributed by atoms with Gasteiger partial charge in [0.15, 0.2) is 0 Å². The fourth-order valence-electron chi connectivity index (χ4n) is 2.12. The third-order valence-electron chi connectivity index (χ3n) is 3.10. The molecular weight excluding hydrogens is 290 g/mol. The van der Waals surface area contributed by atoms with Crippen LogP contribution in [0, 0.1) is 12.8 Å². The van der Waals surface area contributed by atoms with Crippen molar-refractivity contribution in [1.29, 1.82) is 0 Å². The molecule has 1 aromatic heterocycles. The Morgan fingerprint density at radius 2 is 2.17 bits per heavy atom. The molecule has 2 rings (SSSR count). The Hall–Kier alpha value is -1.16. The van der Waals surface area contributed by atoms with Gasteiger partial charge in [-0.3, -0.25) is 4.68 Å². The molecule has 96 valence electrons. The molecule has 2 aromatic rings. The summed E-state index contributed by atoms with van der Waals surface area (Å²) in [6.45, 7) is 2.13. The normalized spacial score (nSPS) is 12.6. The van der Waals surface area contributed by atoms with Crippen molar-refractivity contribution in [3.8, 4) is 0 Å². The highest BCUT2D eigenvalue weighted by Crippen LogP contribution is 2.16. The first-order valence-electron chi connectivity index (χ1n) is 6.13. The van der Waals surface area contributed by atoms with E-state index in [1.807, 2.05) is 11.7 Å². The number of alkyl halides is 1. The van der Waals surface area contributed by atoms with Crippen molar-refractivity contribution in [1.82, 2.24) is 14.8 Å². The monoisotopic (exact) mass is 307 g/mol. The molecule has 0 spiro atoms. The lowest BCUT2D eigenvalue weighted by atomic mass is 9.97. The number of aryl methyl sites for hydroxylation is 2. The average Bonchev–Trinajstić information content (AvgIpc) is 2.74. The van der Waals surface area contributed by atoms with Crippen LogP contribution in [0.1, 0.15) is 17.0 Å². The average molecular weight is 308 g/mol. The van der Waals surface area contributed by atoms with Gasteiger partial charge in [-0.1, -0.05) is 45.8 Å². The van der Waals surface area contributed by atoms with E-state index in [-0.39, 0.29) is 0 Å². The minimum atomic E-state index is 0.551. The molecule has 3 nitrogen and oxygen atoms in total. The second kappa shape index (κ2) is 6.14. The van der Waals surface area contributed by atoms with E-state index in [0.29, 0.717) is 5.92 Å². The molecule has 4 heteroatoms. The molecule has 0 fully saturated rings. The van der Waals surface area contributed by atoms with E-state index >= 15 is 0 Å². The summed E-state index contributed by atoms with van der Waals surface area (Å²) in [4.78, 5) is 4.29. The summed E-state index contributed by atoms with van der Waals surface area (Å²) in [5.41, 5.74) is 2.71. The highest BCUT2D eigenvalue weighted by Gasteiger charge is 2.12. The third-order valence-corrected chi connectivity index (χ3v) is 4.02. The van der Waals surface area contributed by atoms with Crippen molar-refractivity contribution >= 4 is 15.9 Å². The number of aromatic nitrogens is 3. The molecule has 0 N–H and O–H groups in total. The Labute approximate surface area is 116 Å². The molecule has 1 aromatic carbocycles. The second-order valence-electron chi connectivity index (χ2n) is 4.72. The van der Waals surface area contributed by atoms with Crippen molar-refractivity contribution in [3.63, 3.8) is 0 Å². The van der Waals surface area contributed by atoms with Gasteiger partial charge in [0, 0.05) is 18.8 Å². The van der Waals surface area contributed by atoms with Crippen LogP contribution in [0.4, 0.5) is 0 Å². The highest BCUT2D eigenvalue weighted by molar-refractivity contribution is 9.09. The summed E-state index contributed by atoms with van der Waals surface area (Å²) >= 11 is 3.60. The maximum absolute atomic E-state index is 4.29. The van der Waals surface area contributed by atoms with Gasteiger partial charge in [0.1, 0.15) is 12.2 Å². The summed E-state index contributed by atoms with van der Waals surface area (Å²) in [5, 5.41) is 5.10. The van der Waals surface area contributed by atoms with Gasteiger partial charge in [-0.25, -0.2) is 4.98 Å². The summed E-state index contributed by atoms with van der Waals surface area (Å²) in [5.74, 6) is 1.60. The lowest BCUT2D eigenvalue weighted by Crippen LogP contribution is -2.13. The van der Waals surface area contributed by atoms with E-state index in [1.165, 1.54) is 11.1 Å². The lowest BCUT2D eigenvalue weighted by Gasteiger charge is -2.13. The zero-order chi connectivity index (χ0) is 13.0. The number of hydrogen-bond donors (Lipinski definition) is 0. The summed E-state index contributed by atoms with van der Waals surface area (Å²) < 4.78 is 1.85. The van der Waals surface area contributed by atoms with Gasteiger partial charge in [-0.2, -0.15) is 5.10 Å². The Morgan fingerprint density at radius 3 is 2.78 bits per heavy atom. The molecule has 0 saturated heterocycles. The maximum atomic E-state index is 4.29. The number of hydrogen-bond acceptors (Lipinski definition) is 2. The molecule has 0 aliphatic rings. The predicted molar refractivity (Wildman–Crippen MR) is 76.9 cm³/mol. The topological polar surface area (TPSA) is 30.7 Å². The maximum Gasteiger partial charge on any atom is 0.138 e. The molecule has 0 amide bonds. The Kier molecular flexibility index (Phi) is 4.53. The van der Waals surface area contributed by atoms with Gasteiger partial charge in [0.05, 0.1) is 0 Å². The van der Waals surface area contributed by atoms with Gasteiger partial charge in [0.25, 0.3) is 0 Å². The van der Waals surface area contributed by atoms with Crippen LogP contribution in [0.2, 0.25) is 0 Å². The molecule has 1 unspecified atom stereocenters. The number of rotatable bonds is 5. The van der Waals surface area contributed by atoms with Gasteiger partial charge in [-0.15, -0.1) is 0 Å². The lowest BCUT2D eigenvalue weighted by molar-refractivity contribution is 0.548. The zero-order valence-corrected chi connectivity index (χ0v) is 12.4. The van der Waals surface area contributed by atoms with Crippen LogP contribution < -0.4 is 0 Å². The van der Waals surface area contributed by atoms with E-state index in [1.54, 1.807) is 6.33 Å². The second-order valence-corrected chi connectivity index (χ2v) is 5.36. The van der Waals surface area contributed by atoms with Crippen molar-refractivity contribution < 1.29 is 0 Å². The van der Waals surface area contributed by atoms with Crippen LogP contribution in [0.3, 0.4) is 0 Å². The smallest absolute Gasteiger partial charge is 0.138 e. The van der Waals surface area contributed by atoms with Gasteiger partial charge in [0.2, 0.25) is 0 Å². The Morgan fingerprint density at radius 1 is 1.33 bits per heavy atom. The molecular formula is C14H18BrN3. The quantitative estimate of drug-likeness (QED) is 0.795. The Balaban J connectivity index is 2.04. The van der Waals surface area contributed by atoms with Crippen molar-refractivity contribution in [2.24, 2.45) is 13.0 Å². The number of halogens is 1. The summed E-state index contributed by atoms with van der Waals surface area (Å²) in [7, 11) is 1.94. The van der Waals surface area contributed by atoms with Crippen LogP contribution in [0.5, 0.6) is 0 Å². The molecule has 0 aliphatic heterocycles. The van der Waals surface area contributed by atoms with Crippen molar-refractivity contribution in [2.45, 2.75) is 19.8 Å². The minimum Gasteiger partial charge on any atom is -0.253 e. The fourth-order valence-corrected chi connectivity index (χ4v) is 2.57. The molecule has 1 heterocycles. The SMILES string of the molecule is Cc1cccc(CC(CBr)Cc2ncnn2C)c1. The Bertz CT molecular complexity index is 507. The minimum absolute atomic E-state index is 0.551. The highest BCUT2D eigenvalue weighted by atomic mass is 79.9. The standard InChI is InChI=1S/C14H18BrN3/c1-11-4-3-5-12(6-11)7-13(9-15)8-14-16-10-17-18(14)2/h3-6,10,13H,7-9H2,1-2H3. The first-order valence-corrected chi connectivity index (χ1v) is 7.25. The van der Waals surface area contributed by atoms with Gasteiger partial charge in [-0.05, 0) is 24.8 Å². The van der Waals surface area contributed by atoms with Crippen molar-refractivity contribution in [3.05, 3.63) is 47.5 Å².